The van der Waals surface area contributed by atoms with Crippen molar-refractivity contribution in [2.75, 3.05) is 13.1 Å². The minimum absolute atomic E-state index is 0.163. The molecule has 0 bridgehead atoms. The molecule has 2 spiro atoms. The highest BCUT2D eigenvalue weighted by atomic mass is 19.1. The van der Waals surface area contributed by atoms with Gasteiger partial charge in [0.2, 0.25) is 23.6 Å². The zero-order valence-corrected chi connectivity index (χ0v) is 41.1. The Bertz CT molecular complexity index is 2220. The number of carbonyl (C=O) groups is 2. The molecule has 2 aromatic carbocycles. The highest BCUT2D eigenvalue weighted by molar-refractivity contribution is 5.73. The molecule has 2 aliphatic carbocycles. The third kappa shape index (κ3) is 13.2. The number of fused-ring (bicyclic) bond motifs is 2. The van der Waals surface area contributed by atoms with E-state index in [2.05, 4.69) is 31.2 Å². The van der Waals surface area contributed by atoms with Gasteiger partial charge in [-0.2, -0.15) is 0 Å². The van der Waals surface area contributed by atoms with Crippen LogP contribution in [0.25, 0.3) is 0 Å². The fraction of sp³-hybridized carbons (Fsp3) is 0.556. The molecule has 0 saturated heterocycles. The van der Waals surface area contributed by atoms with E-state index in [-0.39, 0.29) is 71.7 Å². The summed E-state index contributed by atoms with van der Waals surface area (Å²) in [6.07, 6.45) is 7.14. The summed E-state index contributed by atoms with van der Waals surface area (Å²) in [7, 11) is 0. The summed E-state index contributed by atoms with van der Waals surface area (Å²) in [6.45, 7) is 10.6. The highest BCUT2D eigenvalue weighted by Gasteiger charge is 2.48. The zero-order chi connectivity index (χ0) is 50.3. The molecule has 2 fully saturated rings. The van der Waals surface area contributed by atoms with Gasteiger partial charge in [-0.25, -0.2) is 27.5 Å². The maximum atomic E-state index is 14.8. The Balaban J connectivity index is 0.000000206. The summed E-state index contributed by atoms with van der Waals surface area (Å²) < 4.78 is 68.6. The Morgan fingerprint density at radius 3 is 1.30 bits per heavy atom. The zero-order valence-electron chi connectivity index (χ0n) is 41.1. The highest BCUT2D eigenvalue weighted by Crippen LogP contribution is 2.50. The van der Waals surface area contributed by atoms with E-state index >= 15 is 0 Å². The van der Waals surface area contributed by atoms with Gasteiger partial charge < -0.3 is 41.0 Å². The normalized spacial score (nSPS) is 20.9. The number of amides is 2. The van der Waals surface area contributed by atoms with Crippen LogP contribution in [0.15, 0.2) is 73.1 Å². The number of aromatic nitrogens is 2. The number of halogens is 4. The molecule has 380 valence electrons. The molecule has 2 aromatic heterocycles. The Labute approximate surface area is 409 Å². The number of aliphatic hydroxyl groups is 2. The van der Waals surface area contributed by atoms with Gasteiger partial charge in [-0.1, -0.05) is 52.0 Å². The molecule has 4 aromatic rings. The minimum atomic E-state index is -1.13. The first-order chi connectivity index (χ1) is 33.3. The number of alkyl halides is 2. The van der Waals surface area contributed by atoms with Crippen molar-refractivity contribution in [2.45, 2.75) is 166 Å². The Morgan fingerprint density at radius 2 is 1.00 bits per heavy atom. The number of rotatable bonds is 18. The molecule has 2 amide bonds. The Kier molecular flexibility index (Phi) is 17.3. The summed E-state index contributed by atoms with van der Waals surface area (Å²) in [6, 6.07) is 14.3. The number of nitrogens with zero attached hydrogens (tertiary/aromatic N) is 2. The van der Waals surface area contributed by atoms with Crippen LogP contribution >= 0.6 is 0 Å². The summed E-state index contributed by atoms with van der Waals surface area (Å²) in [5, 5.41) is 34.5. The van der Waals surface area contributed by atoms with Crippen molar-refractivity contribution in [1.29, 1.82) is 0 Å². The molecule has 16 heteroatoms. The van der Waals surface area contributed by atoms with Crippen LogP contribution in [-0.4, -0.2) is 80.6 Å². The summed E-state index contributed by atoms with van der Waals surface area (Å²) in [4.78, 5) is 32.5. The largest absolute Gasteiger partial charge is 0.471 e. The molecular weight excluding hydrogens is 905 g/mol. The van der Waals surface area contributed by atoms with Gasteiger partial charge in [-0.05, 0) is 111 Å². The first kappa shape index (κ1) is 52.7. The van der Waals surface area contributed by atoms with Crippen molar-refractivity contribution < 1.29 is 46.8 Å². The van der Waals surface area contributed by atoms with Crippen LogP contribution in [0.3, 0.4) is 0 Å². The van der Waals surface area contributed by atoms with Gasteiger partial charge in [-0.15, -0.1) is 0 Å². The topological polar surface area (TPSA) is 167 Å². The number of aliphatic hydroxyl groups excluding tert-OH is 2. The summed E-state index contributed by atoms with van der Waals surface area (Å²) in [5.41, 5.74) is 3.70. The minimum Gasteiger partial charge on any atom is -0.471 e. The molecular formula is C54H70F4N6O6. The number of pyridine rings is 2. The second kappa shape index (κ2) is 22.9. The summed E-state index contributed by atoms with van der Waals surface area (Å²) in [5.74, 6) is -0.479. The fourth-order valence-electron chi connectivity index (χ4n) is 9.94. The van der Waals surface area contributed by atoms with Crippen molar-refractivity contribution in [3.05, 3.63) is 118 Å². The van der Waals surface area contributed by atoms with E-state index in [4.69, 9.17) is 9.47 Å². The van der Waals surface area contributed by atoms with E-state index < -0.39 is 36.6 Å². The SMILES string of the molecule is CC(=O)N[C@@H](Cc1ccc(F)cc1)[C@H](O)CN[C@H]1CC2(CCC2)Oc2ncc([C@@H](F)C(C)C)cc21.CC(=O)N[C@@H](Cc1ccc(F)cc1)[C@H](O)CN[C@H]1CC2(CCC2)Oc2ncc([C@H](F)C(C)C)cc21. The predicted molar refractivity (Wildman–Crippen MR) is 258 cm³/mol. The van der Waals surface area contributed by atoms with Crippen LogP contribution in [0.5, 0.6) is 11.8 Å². The lowest BCUT2D eigenvalue weighted by molar-refractivity contribution is -0.121. The van der Waals surface area contributed by atoms with Gasteiger partial charge in [-0.3, -0.25) is 9.59 Å². The number of ether oxygens (including phenoxy) is 2. The van der Waals surface area contributed by atoms with Gasteiger partial charge >= 0.3 is 0 Å². The predicted octanol–water partition coefficient (Wildman–Crippen LogP) is 8.66. The number of hydrogen-bond acceptors (Lipinski definition) is 10. The Morgan fingerprint density at radius 1 is 0.643 bits per heavy atom. The Hall–Kier alpha value is -5.16. The van der Waals surface area contributed by atoms with E-state index in [1.54, 1.807) is 36.7 Å². The van der Waals surface area contributed by atoms with E-state index in [1.165, 1.54) is 38.1 Å². The molecule has 70 heavy (non-hydrogen) atoms. The molecule has 4 aliphatic rings. The fourth-order valence-corrected chi connectivity index (χ4v) is 9.94. The van der Waals surface area contributed by atoms with Crippen molar-refractivity contribution in [3.63, 3.8) is 0 Å². The maximum Gasteiger partial charge on any atom is 0.218 e. The van der Waals surface area contributed by atoms with E-state index in [0.29, 0.717) is 48.6 Å². The number of hydrogen-bond donors (Lipinski definition) is 6. The van der Waals surface area contributed by atoms with Crippen LogP contribution in [0.1, 0.15) is 151 Å². The van der Waals surface area contributed by atoms with E-state index in [0.717, 1.165) is 60.8 Å². The van der Waals surface area contributed by atoms with Crippen LogP contribution < -0.4 is 30.7 Å². The van der Waals surface area contributed by atoms with Gasteiger partial charge in [0, 0.05) is 86.5 Å². The van der Waals surface area contributed by atoms with Crippen molar-refractivity contribution in [1.82, 2.24) is 31.2 Å². The molecule has 6 N–H and O–H groups in total. The van der Waals surface area contributed by atoms with Crippen LogP contribution in [-0.2, 0) is 22.4 Å². The lowest BCUT2D eigenvalue weighted by Crippen LogP contribution is -2.52. The molecule has 4 heterocycles. The molecule has 2 saturated carbocycles. The van der Waals surface area contributed by atoms with Gasteiger partial charge in [0.05, 0.1) is 24.3 Å². The van der Waals surface area contributed by atoms with Gasteiger partial charge in [0.15, 0.2) is 0 Å². The van der Waals surface area contributed by atoms with Crippen LogP contribution in [0, 0.1) is 23.5 Å². The van der Waals surface area contributed by atoms with Crippen molar-refractivity contribution in [3.8, 4) is 11.8 Å². The molecule has 0 radical (unpaired) electrons. The molecule has 8 atom stereocenters. The van der Waals surface area contributed by atoms with E-state index in [9.17, 15) is 37.4 Å². The van der Waals surface area contributed by atoms with Crippen LogP contribution in [0.4, 0.5) is 17.6 Å². The average molecular weight is 975 g/mol. The monoisotopic (exact) mass is 975 g/mol. The lowest BCUT2D eigenvalue weighted by Gasteiger charge is -2.47. The first-order valence-electron chi connectivity index (χ1n) is 24.8. The van der Waals surface area contributed by atoms with Crippen LogP contribution in [0.2, 0.25) is 0 Å². The molecule has 8 rings (SSSR count). The third-order valence-electron chi connectivity index (χ3n) is 14.3. The van der Waals surface area contributed by atoms with E-state index in [1.807, 2.05) is 39.8 Å². The third-order valence-corrected chi connectivity index (χ3v) is 14.3. The number of carbonyl (C=O) groups excluding carboxylic acids is 2. The molecule has 2 aliphatic heterocycles. The quantitative estimate of drug-likeness (QED) is 0.0532. The first-order valence-corrected chi connectivity index (χ1v) is 24.8. The smallest absolute Gasteiger partial charge is 0.218 e. The van der Waals surface area contributed by atoms with Gasteiger partial charge in [0.1, 0.15) is 35.2 Å². The molecule has 0 unspecified atom stereocenters. The van der Waals surface area contributed by atoms with Crippen molar-refractivity contribution >= 4 is 11.8 Å². The average Bonchev–Trinajstić information content (AvgIpc) is 3.31. The maximum absolute atomic E-state index is 14.8. The van der Waals surface area contributed by atoms with Crippen molar-refractivity contribution in [2.24, 2.45) is 11.8 Å². The molecule has 12 nitrogen and oxygen atoms in total. The number of benzene rings is 2. The standard InChI is InChI=1S/2C27H35F2N3O3/c2*1-16(2)25(29)19-12-21-23(13-27(9-4-10-27)35-26(21)31-14-19)30-15-24(34)22(32-17(3)33)11-18-5-7-20(28)8-6-18/h2*5-8,12,14,16,22-25,30,34H,4,9-11,13,15H2,1-3H3,(H,32,33)/t22-,23-,24+,25+;22-,23-,24+,25-/m00/s1. The summed E-state index contributed by atoms with van der Waals surface area (Å²) >= 11 is 0. The second-order valence-electron chi connectivity index (χ2n) is 20.6. The van der Waals surface area contributed by atoms with Gasteiger partial charge in [0.25, 0.3) is 0 Å². The number of nitrogens with one attached hydrogen (secondary N) is 4. The second-order valence-corrected chi connectivity index (χ2v) is 20.6. The lowest BCUT2D eigenvalue weighted by atomic mass is 9.73.